The van der Waals surface area contributed by atoms with Gasteiger partial charge in [0.15, 0.2) is 0 Å². The molecular weight excluding hydrogens is 879 g/mol. The van der Waals surface area contributed by atoms with Crippen LogP contribution in [0.25, 0.3) is 72.6 Å². The van der Waals surface area contributed by atoms with Crippen molar-refractivity contribution in [1.29, 1.82) is 0 Å². The quantitative estimate of drug-likeness (QED) is 0.101. The molecule has 0 spiro atoms. The number of para-hydroxylation sites is 1. The van der Waals surface area contributed by atoms with Gasteiger partial charge < -0.3 is 9.30 Å². The molecule has 0 saturated heterocycles. The number of aromatic nitrogens is 5. The molecule has 354 valence electrons. The molecule has 3 heterocycles. The van der Waals surface area contributed by atoms with E-state index < -0.39 is 60.4 Å². The third-order valence-corrected chi connectivity index (χ3v) is 13.5. The van der Waals surface area contributed by atoms with Gasteiger partial charge in [-0.25, -0.2) is 4.98 Å². The minimum absolute atomic E-state index is 0.114. The molecule has 0 aliphatic carbocycles. The van der Waals surface area contributed by atoms with E-state index >= 15 is 0 Å². The minimum atomic E-state index is -0.585. The lowest BCUT2D eigenvalue weighted by molar-refractivity contribution is -0.589. The number of ether oxygens (including phenoxy) is 1. The van der Waals surface area contributed by atoms with E-state index in [9.17, 15) is 5.48 Å². The molecule has 6 heteroatoms. The standard InChI is InChI=1S/C66H59N5O/c1-64(2,3)49-38-50(65(4,5)6)40-52(39-49)69-44-70(68-63(69)62-55(45-22-12-9-13-23-45)31-21-32-56(62)46-24-14-10-15-25-46)51-28-20-29-53(42-51)72-54-34-35-58-57-30-18-19-33-59(57)71(60(58)43-54)61-41-48(36-37-67-61)66(7,8)47-26-16-11-17-27-47/h9-43H,1-8H3/i9D,10D,12D,13D,14D,15D,22D,23D,24D,25D. The number of nitrogens with zero attached hydrogens (tertiary/aromatic N) is 5. The molecule has 0 radical (unpaired) electrons. The summed E-state index contributed by atoms with van der Waals surface area (Å²) in [7, 11) is 0. The number of fused-ring (bicyclic) bond motifs is 3. The highest BCUT2D eigenvalue weighted by Gasteiger charge is 2.27. The molecule has 11 rings (SSSR count). The Morgan fingerprint density at radius 1 is 0.528 bits per heavy atom. The fourth-order valence-electron chi connectivity index (χ4n) is 9.37. The van der Waals surface area contributed by atoms with E-state index in [1.165, 1.54) is 10.2 Å². The lowest BCUT2D eigenvalue weighted by Crippen LogP contribution is -2.33. The summed E-state index contributed by atoms with van der Waals surface area (Å²) >= 11 is 0. The summed E-state index contributed by atoms with van der Waals surface area (Å²) in [5, 5.41) is 7.36. The van der Waals surface area contributed by atoms with Crippen LogP contribution in [0, 0.1) is 6.33 Å². The Labute approximate surface area is 437 Å². The highest BCUT2D eigenvalue weighted by Crippen LogP contribution is 2.41. The van der Waals surface area contributed by atoms with Crippen molar-refractivity contribution < 1.29 is 23.0 Å². The zero-order valence-electron chi connectivity index (χ0n) is 51.6. The van der Waals surface area contributed by atoms with Crippen molar-refractivity contribution in [2.45, 2.75) is 71.6 Å². The van der Waals surface area contributed by atoms with E-state index in [2.05, 4.69) is 127 Å². The maximum absolute atomic E-state index is 9.25. The molecule has 8 aromatic carbocycles. The summed E-state index contributed by atoms with van der Waals surface area (Å²) in [4.78, 5) is 4.94. The van der Waals surface area contributed by atoms with Crippen LogP contribution >= 0.6 is 0 Å². The SMILES string of the molecule is [2H]c1c([2H])c([2H])c(-c2cccc(-c3c([2H])c([2H])c([2H])c([2H])c3[2H])c2-c2nn(-c3cccc(Oc4ccc5c6ccccc6n(-c6cc(C(C)(C)c7ccccc7)ccn6)c5c4)c3)[c-][n+]2-c2cc(C(C)(C)C)cc(C(C)(C)C)c2)c([2H])c1[2H]. The molecule has 0 saturated carbocycles. The fraction of sp³-hybridized carbons (Fsp3) is 0.167. The zero-order valence-corrected chi connectivity index (χ0v) is 41.6. The smallest absolute Gasteiger partial charge is 0.233 e. The second-order valence-corrected chi connectivity index (χ2v) is 20.7. The average Bonchev–Trinajstić information content (AvgIpc) is 2.45. The molecule has 0 fully saturated rings. The monoisotopic (exact) mass is 948 g/mol. The van der Waals surface area contributed by atoms with Gasteiger partial charge in [-0.1, -0.05) is 213 Å². The van der Waals surface area contributed by atoms with Crippen molar-refractivity contribution in [2.75, 3.05) is 0 Å². The highest BCUT2D eigenvalue weighted by atomic mass is 16.5. The highest BCUT2D eigenvalue weighted by molar-refractivity contribution is 6.09. The normalized spacial score (nSPS) is 14.1. The maximum atomic E-state index is 9.25. The van der Waals surface area contributed by atoms with Crippen LogP contribution in [-0.2, 0) is 16.2 Å². The number of hydrogen-bond acceptors (Lipinski definition) is 3. The summed E-state index contributed by atoms with van der Waals surface area (Å²) in [6, 6.07) is 41.8. The van der Waals surface area contributed by atoms with Crippen LogP contribution in [0.5, 0.6) is 11.5 Å². The van der Waals surface area contributed by atoms with Crippen molar-refractivity contribution >= 4 is 21.8 Å². The maximum Gasteiger partial charge on any atom is 0.233 e. The molecule has 0 bridgehead atoms. The van der Waals surface area contributed by atoms with Crippen LogP contribution in [-0.4, -0.2) is 19.3 Å². The minimum Gasteiger partial charge on any atom is -0.458 e. The van der Waals surface area contributed by atoms with Crippen molar-refractivity contribution in [3.8, 4) is 62.3 Å². The van der Waals surface area contributed by atoms with E-state index in [1.54, 1.807) is 22.8 Å². The lowest BCUT2D eigenvalue weighted by atomic mass is 9.78. The third kappa shape index (κ3) is 8.68. The Hall–Kier alpha value is -8.35. The van der Waals surface area contributed by atoms with Crippen molar-refractivity contribution in [3.05, 3.63) is 241 Å². The van der Waals surface area contributed by atoms with Gasteiger partial charge >= 0.3 is 0 Å². The predicted octanol–water partition coefficient (Wildman–Crippen LogP) is 16.2. The van der Waals surface area contributed by atoms with Crippen molar-refractivity contribution in [1.82, 2.24) is 19.3 Å². The van der Waals surface area contributed by atoms with Gasteiger partial charge in [-0.2, -0.15) is 4.68 Å². The molecule has 6 nitrogen and oxygen atoms in total. The molecule has 0 atom stereocenters. The zero-order chi connectivity index (χ0) is 58.5. The summed E-state index contributed by atoms with van der Waals surface area (Å²) in [6.07, 6.45) is 5.35. The Morgan fingerprint density at radius 2 is 1.14 bits per heavy atom. The van der Waals surface area contributed by atoms with E-state index in [1.807, 2.05) is 72.9 Å². The van der Waals surface area contributed by atoms with Crippen LogP contribution in [0.1, 0.15) is 91.4 Å². The number of pyridine rings is 1. The Morgan fingerprint density at radius 3 is 1.81 bits per heavy atom. The molecule has 0 unspecified atom stereocenters. The van der Waals surface area contributed by atoms with Gasteiger partial charge in [0.05, 0.1) is 30.4 Å². The first kappa shape index (κ1) is 35.7. The molecule has 72 heavy (non-hydrogen) atoms. The molecule has 0 aliphatic heterocycles. The van der Waals surface area contributed by atoms with Crippen molar-refractivity contribution in [3.63, 3.8) is 0 Å². The molecule has 0 N–H and O–H groups in total. The summed E-state index contributed by atoms with van der Waals surface area (Å²) in [6.45, 7) is 17.1. The van der Waals surface area contributed by atoms with Gasteiger partial charge in [0, 0.05) is 39.7 Å². The van der Waals surface area contributed by atoms with Crippen LogP contribution in [0.4, 0.5) is 0 Å². The van der Waals surface area contributed by atoms with Gasteiger partial charge in [0.1, 0.15) is 17.3 Å². The van der Waals surface area contributed by atoms with Gasteiger partial charge in [0.25, 0.3) is 0 Å². The first-order valence-electron chi connectivity index (χ1n) is 29.1. The fourth-order valence-corrected chi connectivity index (χ4v) is 9.37. The van der Waals surface area contributed by atoms with Crippen molar-refractivity contribution in [2.24, 2.45) is 0 Å². The van der Waals surface area contributed by atoms with E-state index in [4.69, 9.17) is 23.0 Å². The molecule has 0 amide bonds. The van der Waals surface area contributed by atoms with Crippen LogP contribution < -0.4 is 9.30 Å². The third-order valence-electron chi connectivity index (χ3n) is 13.5. The number of benzene rings is 8. The molecule has 0 aliphatic rings. The largest absolute Gasteiger partial charge is 0.458 e. The molecule has 3 aromatic heterocycles. The first-order chi connectivity index (χ1) is 38.8. The molecular formula is C66H59N5O. The lowest BCUT2D eigenvalue weighted by Gasteiger charge is -2.27. The first-order valence-corrected chi connectivity index (χ1v) is 24.1. The average molecular weight is 948 g/mol. The number of hydrogen-bond donors (Lipinski definition) is 0. The van der Waals surface area contributed by atoms with Crippen LogP contribution in [0.15, 0.2) is 212 Å². The van der Waals surface area contributed by atoms with E-state index in [0.717, 1.165) is 44.3 Å². The van der Waals surface area contributed by atoms with E-state index in [0.29, 0.717) is 22.9 Å². The predicted molar refractivity (Wildman–Crippen MR) is 295 cm³/mol. The summed E-state index contributed by atoms with van der Waals surface area (Å²) < 4.78 is 101. The summed E-state index contributed by atoms with van der Waals surface area (Å²) in [5.74, 6) is 1.91. The van der Waals surface area contributed by atoms with Gasteiger partial charge in [0.2, 0.25) is 12.2 Å². The van der Waals surface area contributed by atoms with Gasteiger partial charge in [-0.15, -0.1) is 0 Å². The second-order valence-electron chi connectivity index (χ2n) is 20.7. The van der Waals surface area contributed by atoms with E-state index in [-0.39, 0.29) is 49.9 Å². The Kier molecular flexibility index (Phi) is 8.98. The number of rotatable bonds is 10. The second kappa shape index (κ2) is 18.1. The Bertz CT molecular complexity index is 4200. The van der Waals surface area contributed by atoms with Gasteiger partial charge in [-0.05, 0) is 103 Å². The topological polar surface area (TPSA) is 48.8 Å². The summed E-state index contributed by atoms with van der Waals surface area (Å²) in [5.41, 5.74) is 6.30. The van der Waals surface area contributed by atoms with Gasteiger partial charge in [-0.3, -0.25) is 4.57 Å². The Balaban J connectivity index is 1.12. The van der Waals surface area contributed by atoms with Crippen LogP contribution in [0.3, 0.4) is 0 Å². The molecule has 11 aromatic rings. The van der Waals surface area contributed by atoms with Crippen LogP contribution in [0.2, 0.25) is 0 Å².